The molecule has 4 aromatic rings. The van der Waals surface area contributed by atoms with Gasteiger partial charge < -0.3 is 24.8 Å². The summed E-state index contributed by atoms with van der Waals surface area (Å²) in [6, 6.07) is 22.0. The predicted molar refractivity (Wildman–Crippen MR) is 155 cm³/mol. The number of ether oxygens (including phenoxy) is 1. The molecule has 0 radical (unpaired) electrons. The molecule has 0 bridgehead atoms. The maximum Gasteiger partial charge on any atom is 0.308 e. The highest BCUT2D eigenvalue weighted by molar-refractivity contribution is 6.12. The quantitative estimate of drug-likeness (QED) is 0.170. The van der Waals surface area contributed by atoms with E-state index in [4.69, 9.17) is 4.74 Å². The molecular weight excluding hydrogens is 523 g/mol. The average Bonchev–Trinajstić information content (AvgIpc) is 3.29. The summed E-state index contributed by atoms with van der Waals surface area (Å²) in [5.41, 5.74) is 4.80. The minimum Gasteiger partial charge on any atom is -0.508 e. The van der Waals surface area contributed by atoms with Crippen LogP contribution in [-0.4, -0.2) is 38.9 Å². The van der Waals surface area contributed by atoms with E-state index in [1.807, 2.05) is 44.2 Å². The number of anilines is 1. The van der Waals surface area contributed by atoms with Gasteiger partial charge in [0.2, 0.25) is 0 Å². The molecule has 2 heterocycles. The van der Waals surface area contributed by atoms with Gasteiger partial charge in [0.05, 0.1) is 23.8 Å². The van der Waals surface area contributed by atoms with Gasteiger partial charge in [0.1, 0.15) is 17.7 Å². The van der Waals surface area contributed by atoms with Crippen LogP contribution in [0.5, 0.6) is 5.75 Å². The Bertz CT molecular complexity index is 1530. The lowest BCUT2D eigenvalue weighted by Gasteiger charge is -2.27. The molecular formula is C33H33FN2O5. The minimum atomic E-state index is -0.751. The van der Waals surface area contributed by atoms with Gasteiger partial charge in [-0.05, 0) is 65.6 Å². The largest absolute Gasteiger partial charge is 0.508 e. The molecule has 8 heteroatoms. The molecule has 0 saturated carbocycles. The van der Waals surface area contributed by atoms with E-state index in [0.717, 1.165) is 22.5 Å². The molecule has 1 saturated heterocycles. The summed E-state index contributed by atoms with van der Waals surface area (Å²) in [6.45, 7) is 4.42. The number of halogens is 1. The third-order valence-corrected chi connectivity index (χ3v) is 7.29. The van der Waals surface area contributed by atoms with E-state index in [-0.39, 0.29) is 29.8 Å². The number of aliphatic hydroxyl groups is 1. The maximum atomic E-state index is 14.1. The highest BCUT2D eigenvalue weighted by Crippen LogP contribution is 2.43. The Kier molecular flexibility index (Phi) is 8.21. The molecule has 212 valence electrons. The van der Waals surface area contributed by atoms with Crippen LogP contribution in [0.3, 0.4) is 0 Å². The van der Waals surface area contributed by atoms with Crippen LogP contribution in [0.25, 0.3) is 22.4 Å². The zero-order valence-electron chi connectivity index (χ0n) is 23.0. The van der Waals surface area contributed by atoms with Gasteiger partial charge in [-0.3, -0.25) is 9.59 Å². The number of nitrogens with zero attached hydrogens (tertiary/aromatic N) is 1. The summed E-state index contributed by atoms with van der Waals surface area (Å²) in [6.07, 6.45) is -0.464. The topological polar surface area (TPSA) is 101 Å². The van der Waals surface area contributed by atoms with Gasteiger partial charge in [-0.25, -0.2) is 4.39 Å². The van der Waals surface area contributed by atoms with Crippen molar-refractivity contribution in [3.8, 4) is 28.1 Å². The van der Waals surface area contributed by atoms with Crippen LogP contribution in [0, 0.1) is 5.82 Å². The first-order chi connectivity index (χ1) is 19.7. The molecule has 0 aliphatic carbocycles. The number of cyclic esters (lactones) is 1. The molecule has 7 nitrogen and oxygen atoms in total. The number of amides is 1. The fourth-order valence-corrected chi connectivity index (χ4v) is 5.54. The van der Waals surface area contributed by atoms with Crippen molar-refractivity contribution in [1.29, 1.82) is 0 Å². The second-order valence-corrected chi connectivity index (χ2v) is 10.7. The summed E-state index contributed by atoms with van der Waals surface area (Å²) in [5.74, 6) is -1.12. The first-order valence-electron chi connectivity index (χ1n) is 13.8. The van der Waals surface area contributed by atoms with E-state index in [2.05, 4.69) is 9.88 Å². The normalized spacial score (nSPS) is 17.0. The number of phenols is 1. The van der Waals surface area contributed by atoms with Crippen LogP contribution >= 0.6 is 0 Å². The van der Waals surface area contributed by atoms with Gasteiger partial charge in [-0.1, -0.05) is 44.2 Å². The van der Waals surface area contributed by atoms with Gasteiger partial charge >= 0.3 is 5.97 Å². The minimum absolute atomic E-state index is 0.0160. The Morgan fingerprint density at radius 1 is 1.02 bits per heavy atom. The SMILES string of the molecule is CC(C)c1c(C(=O)Nc2ccc(O)cc2)c(-c2ccccc2)c(-c2ccc(F)cc2)n1CCC1CC(O)CC(=O)O1. The Hall–Kier alpha value is -4.43. The first-order valence-corrected chi connectivity index (χ1v) is 13.8. The summed E-state index contributed by atoms with van der Waals surface area (Å²) < 4.78 is 21.6. The van der Waals surface area contributed by atoms with E-state index in [1.54, 1.807) is 24.3 Å². The fraction of sp³-hybridized carbons (Fsp3) is 0.273. The van der Waals surface area contributed by atoms with Crippen LogP contribution in [0.15, 0.2) is 78.9 Å². The number of carbonyl (C=O) groups is 2. The van der Waals surface area contributed by atoms with Crippen molar-refractivity contribution in [2.45, 2.75) is 57.8 Å². The number of benzene rings is 3. The molecule has 1 aliphatic heterocycles. The summed E-state index contributed by atoms with van der Waals surface area (Å²) in [4.78, 5) is 26.1. The van der Waals surface area contributed by atoms with Gasteiger partial charge in [0.25, 0.3) is 5.91 Å². The molecule has 2 unspecified atom stereocenters. The van der Waals surface area contributed by atoms with Crippen molar-refractivity contribution in [1.82, 2.24) is 4.57 Å². The van der Waals surface area contributed by atoms with Gasteiger partial charge in [-0.2, -0.15) is 0 Å². The van der Waals surface area contributed by atoms with Crippen LogP contribution in [0.1, 0.15) is 55.1 Å². The van der Waals surface area contributed by atoms with Gasteiger partial charge in [0.15, 0.2) is 0 Å². The lowest BCUT2D eigenvalue weighted by molar-refractivity contribution is -0.160. The lowest BCUT2D eigenvalue weighted by Crippen LogP contribution is -2.33. The molecule has 5 rings (SSSR count). The highest BCUT2D eigenvalue weighted by Gasteiger charge is 2.32. The molecule has 41 heavy (non-hydrogen) atoms. The van der Waals surface area contributed by atoms with E-state index in [9.17, 15) is 24.2 Å². The predicted octanol–water partition coefficient (Wildman–Crippen LogP) is 6.50. The molecule has 2 atom stereocenters. The number of hydrogen-bond donors (Lipinski definition) is 3. The number of aliphatic hydroxyl groups excluding tert-OH is 1. The molecule has 0 spiro atoms. The van der Waals surface area contributed by atoms with Crippen molar-refractivity contribution in [3.05, 3.63) is 95.9 Å². The zero-order chi connectivity index (χ0) is 29.1. The van der Waals surface area contributed by atoms with E-state index < -0.39 is 18.2 Å². The molecule has 3 aromatic carbocycles. The number of esters is 1. The summed E-state index contributed by atoms with van der Waals surface area (Å²) in [7, 11) is 0. The average molecular weight is 557 g/mol. The van der Waals surface area contributed by atoms with Crippen LogP contribution < -0.4 is 5.32 Å². The summed E-state index contributed by atoms with van der Waals surface area (Å²) >= 11 is 0. The fourth-order valence-electron chi connectivity index (χ4n) is 5.54. The number of phenolic OH excluding ortho intramolecular Hbond substituents is 1. The lowest BCUT2D eigenvalue weighted by atomic mass is 9.94. The Morgan fingerprint density at radius 3 is 2.34 bits per heavy atom. The smallest absolute Gasteiger partial charge is 0.308 e. The Balaban J connectivity index is 1.70. The van der Waals surface area contributed by atoms with Crippen molar-refractivity contribution < 1.29 is 28.9 Å². The van der Waals surface area contributed by atoms with Crippen molar-refractivity contribution in [3.63, 3.8) is 0 Å². The maximum absolute atomic E-state index is 14.1. The Labute approximate surface area is 238 Å². The van der Waals surface area contributed by atoms with Crippen molar-refractivity contribution >= 4 is 17.6 Å². The van der Waals surface area contributed by atoms with E-state index in [0.29, 0.717) is 36.2 Å². The van der Waals surface area contributed by atoms with Gasteiger partial charge in [0, 0.05) is 36.3 Å². The van der Waals surface area contributed by atoms with Crippen LogP contribution in [-0.2, 0) is 16.1 Å². The van der Waals surface area contributed by atoms with Crippen LogP contribution in [0.4, 0.5) is 10.1 Å². The monoisotopic (exact) mass is 556 g/mol. The molecule has 1 fully saturated rings. The van der Waals surface area contributed by atoms with Crippen LogP contribution in [0.2, 0.25) is 0 Å². The molecule has 1 aliphatic rings. The number of rotatable bonds is 8. The van der Waals surface area contributed by atoms with Crippen molar-refractivity contribution in [2.24, 2.45) is 0 Å². The third kappa shape index (κ3) is 6.18. The molecule has 1 aromatic heterocycles. The zero-order valence-corrected chi connectivity index (χ0v) is 23.0. The van der Waals surface area contributed by atoms with Gasteiger partial charge in [-0.15, -0.1) is 0 Å². The van der Waals surface area contributed by atoms with Crippen molar-refractivity contribution in [2.75, 3.05) is 5.32 Å². The number of hydrogen-bond acceptors (Lipinski definition) is 5. The molecule has 1 amide bonds. The number of carbonyl (C=O) groups excluding carboxylic acids is 2. The second kappa shape index (κ2) is 12.0. The standard InChI is InChI=1S/C33H33FN2O5/c1-20(2)31-30(33(40)35-24-12-14-25(37)15-13-24)29(21-6-4-3-5-7-21)32(22-8-10-23(34)11-9-22)36(31)17-16-27-18-26(38)19-28(39)41-27/h3-15,20,26-27,37-38H,16-19H2,1-2H3,(H,35,40). The number of aromatic nitrogens is 1. The highest BCUT2D eigenvalue weighted by atomic mass is 19.1. The molecule has 3 N–H and O–H groups in total. The summed E-state index contributed by atoms with van der Waals surface area (Å²) in [5, 5.41) is 22.9. The Morgan fingerprint density at radius 2 is 1.71 bits per heavy atom. The van der Waals surface area contributed by atoms with E-state index in [1.165, 1.54) is 24.3 Å². The third-order valence-electron chi connectivity index (χ3n) is 7.29. The number of aromatic hydroxyl groups is 1. The number of nitrogens with one attached hydrogen (secondary N) is 1. The second-order valence-electron chi connectivity index (χ2n) is 10.7. The first kappa shape index (κ1) is 28.1. The van der Waals surface area contributed by atoms with E-state index >= 15 is 0 Å².